The smallest absolute Gasteiger partial charge is 0.337 e. The van der Waals surface area contributed by atoms with E-state index in [0.29, 0.717) is 5.56 Å². The number of hydrogen-bond donors (Lipinski definition) is 2. The van der Waals surface area contributed by atoms with Gasteiger partial charge in [0.2, 0.25) is 0 Å². The van der Waals surface area contributed by atoms with Gasteiger partial charge in [-0.3, -0.25) is 0 Å². The van der Waals surface area contributed by atoms with Crippen LogP contribution in [0.5, 0.6) is 0 Å². The molecule has 2 N–H and O–H groups in total. The number of hydrogen-bond acceptors (Lipinski definition) is 3. The van der Waals surface area contributed by atoms with Crippen LogP contribution in [-0.2, 0) is 9.53 Å². The van der Waals surface area contributed by atoms with Crippen molar-refractivity contribution in [1.29, 1.82) is 0 Å². The number of aliphatic carboxylic acids is 1. The van der Waals surface area contributed by atoms with E-state index in [4.69, 9.17) is 14.9 Å². The highest BCUT2D eigenvalue weighted by Gasteiger charge is 2.19. The Morgan fingerprint density at radius 2 is 2.00 bits per heavy atom. The van der Waals surface area contributed by atoms with E-state index in [-0.39, 0.29) is 13.2 Å². The average molecular weight is 196 g/mol. The maximum absolute atomic E-state index is 10.8. The van der Waals surface area contributed by atoms with Gasteiger partial charge in [-0.15, -0.1) is 0 Å². The predicted octanol–water partition coefficient (Wildman–Crippen LogP) is 0.821. The average Bonchev–Trinajstić information content (AvgIpc) is 2.19. The van der Waals surface area contributed by atoms with Crippen LogP contribution in [0.3, 0.4) is 0 Å². The Balaban J connectivity index is 2.73. The normalized spacial score (nSPS) is 12.4. The van der Waals surface area contributed by atoms with Crippen LogP contribution in [-0.4, -0.2) is 29.4 Å². The van der Waals surface area contributed by atoms with Gasteiger partial charge in [0.1, 0.15) is 0 Å². The van der Waals surface area contributed by atoms with E-state index in [9.17, 15) is 4.79 Å². The molecule has 1 aromatic rings. The van der Waals surface area contributed by atoms with Crippen LogP contribution in [0.25, 0.3) is 0 Å². The number of rotatable bonds is 5. The molecule has 0 aliphatic rings. The second-order valence-electron chi connectivity index (χ2n) is 2.72. The van der Waals surface area contributed by atoms with Crippen LogP contribution in [0.1, 0.15) is 11.7 Å². The van der Waals surface area contributed by atoms with Crippen molar-refractivity contribution in [2.24, 2.45) is 0 Å². The second-order valence-corrected chi connectivity index (χ2v) is 2.72. The Kier molecular flexibility index (Phi) is 4.10. The summed E-state index contributed by atoms with van der Waals surface area (Å²) < 4.78 is 4.99. The minimum atomic E-state index is -1.05. The van der Waals surface area contributed by atoms with Crippen molar-refractivity contribution < 1.29 is 19.7 Å². The molecule has 0 aliphatic carbocycles. The summed E-state index contributed by atoms with van der Waals surface area (Å²) in [5, 5.41) is 17.4. The summed E-state index contributed by atoms with van der Waals surface area (Å²) in [4.78, 5) is 10.8. The maximum Gasteiger partial charge on any atom is 0.337 e. The molecule has 4 nitrogen and oxygen atoms in total. The first-order valence-corrected chi connectivity index (χ1v) is 4.26. The zero-order chi connectivity index (χ0) is 10.4. The van der Waals surface area contributed by atoms with Gasteiger partial charge in [0.15, 0.2) is 6.10 Å². The highest BCUT2D eigenvalue weighted by molar-refractivity contribution is 5.74. The molecule has 0 radical (unpaired) electrons. The number of carbonyl (C=O) groups is 1. The van der Waals surface area contributed by atoms with E-state index in [2.05, 4.69) is 0 Å². The van der Waals surface area contributed by atoms with E-state index in [1.807, 2.05) is 0 Å². The van der Waals surface area contributed by atoms with Gasteiger partial charge in [0.05, 0.1) is 13.2 Å². The number of aliphatic hydroxyl groups excluding tert-OH is 1. The standard InChI is InChI=1S/C10H12O4/c11-6-7-14-9(10(12)13)8-4-2-1-3-5-8/h1-5,9,11H,6-7H2,(H,12,13). The molecule has 0 aliphatic heterocycles. The van der Waals surface area contributed by atoms with Gasteiger partial charge in [-0.2, -0.15) is 0 Å². The SMILES string of the molecule is O=C(O)C(OCCO)c1ccccc1. The largest absolute Gasteiger partial charge is 0.479 e. The lowest BCUT2D eigenvalue weighted by molar-refractivity contribution is -0.151. The Morgan fingerprint density at radius 1 is 1.36 bits per heavy atom. The fourth-order valence-corrected chi connectivity index (χ4v) is 1.11. The molecule has 4 heteroatoms. The summed E-state index contributed by atoms with van der Waals surface area (Å²) in [6.07, 6.45) is -0.997. The summed E-state index contributed by atoms with van der Waals surface area (Å²) in [6, 6.07) is 8.64. The lowest BCUT2D eigenvalue weighted by Gasteiger charge is -2.12. The van der Waals surface area contributed by atoms with Gasteiger partial charge in [-0.25, -0.2) is 4.79 Å². The van der Waals surface area contributed by atoms with Crippen LogP contribution >= 0.6 is 0 Å². The first kappa shape index (κ1) is 10.7. The predicted molar refractivity (Wildman–Crippen MR) is 49.9 cm³/mol. The minimum Gasteiger partial charge on any atom is -0.479 e. The van der Waals surface area contributed by atoms with E-state index in [1.165, 1.54) is 0 Å². The van der Waals surface area contributed by atoms with Crippen molar-refractivity contribution in [2.45, 2.75) is 6.10 Å². The molecule has 76 valence electrons. The van der Waals surface area contributed by atoms with Crippen molar-refractivity contribution in [3.8, 4) is 0 Å². The zero-order valence-electron chi connectivity index (χ0n) is 7.59. The molecule has 0 amide bonds. The third kappa shape index (κ3) is 2.83. The van der Waals surface area contributed by atoms with Gasteiger partial charge in [0.25, 0.3) is 0 Å². The van der Waals surface area contributed by atoms with Gasteiger partial charge in [-0.1, -0.05) is 30.3 Å². The highest BCUT2D eigenvalue weighted by Crippen LogP contribution is 2.16. The quantitative estimate of drug-likeness (QED) is 0.731. The molecular formula is C10H12O4. The molecule has 1 rings (SSSR count). The van der Waals surface area contributed by atoms with Crippen molar-refractivity contribution in [1.82, 2.24) is 0 Å². The maximum atomic E-state index is 10.8. The summed E-state index contributed by atoms with van der Waals surface area (Å²) in [7, 11) is 0. The molecule has 1 aromatic carbocycles. The third-order valence-electron chi connectivity index (χ3n) is 1.70. The summed E-state index contributed by atoms with van der Waals surface area (Å²) in [5.74, 6) is -1.05. The summed E-state index contributed by atoms with van der Waals surface area (Å²) in [6.45, 7) is -0.164. The monoisotopic (exact) mass is 196 g/mol. The Hall–Kier alpha value is -1.39. The van der Waals surface area contributed by atoms with E-state index >= 15 is 0 Å². The molecular weight excluding hydrogens is 184 g/mol. The highest BCUT2D eigenvalue weighted by atomic mass is 16.5. The Bertz CT molecular complexity index is 283. The Labute approximate surface area is 81.8 Å². The van der Waals surface area contributed by atoms with E-state index < -0.39 is 12.1 Å². The van der Waals surface area contributed by atoms with Gasteiger partial charge >= 0.3 is 5.97 Å². The number of aliphatic hydroxyl groups is 1. The third-order valence-corrected chi connectivity index (χ3v) is 1.70. The van der Waals surface area contributed by atoms with Crippen molar-refractivity contribution in [3.05, 3.63) is 35.9 Å². The Morgan fingerprint density at radius 3 is 2.50 bits per heavy atom. The topological polar surface area (TPSA) is 66.8 Å². The first-order chi connectivity index (χ1) is 6.75. The lowest BCUT2D eigenvalue weighted by atomic mass is 10.1. The summed E-state index contributed by atoms with van der Waals surface area (Å²) in [5.41, 5.74) is 0.577. The lowest BCUT2D eigenvalue weighted by Crippen LogP contribution is -2.17. The van der Waals surface area contributed by atoms with Crippen LogP contribution in [0.15, 0.2) is 30.3 Å². The summed E-state index contributed by atoms with van der Waals surface area (Å²) >= 11 is 0. The van der Waals surface area contributed by atoms with E-state index in [1.54, 1.807) is 30.3 Å². The molecule has 0 spiro atoms. The molecule has 0 fully saturated rings. The fraction of sp³-hybridized carbons (Fsp3) is 0.300. The number of benzene rings is 1. The van der Waals surface area contributed by atoms with Crippen molar-refractivity contribution in [3.63, 3.8) is 0 Å². The molecule has 0 heterocycles. The van der Waals surface area contributed by atoms with Gasteiger partial charge in [-0.05, 0) is 5.56 Å². The first-order valence-electron chi connectivity index (χ1n) is 4.26. The van der Waals surface area contributed by atoms with Crippen LogP contribution in [0, 0.1) is 0 Å². The molecule has 0 aromatic heterocycles. The number of ether oxygens (including phenoxy) is 1. The van der Waals surface area contributed by atoms with Crippen molar-refractivity contribution >= 4 is 5.97 Å². The molecule has 1 atom stereocenters. The number of carboxylic acids is 1. The van der Waals surface area contributed by atoms with Crippen LogP contribution in [0.4, 0.5) is 0 Å². The van der Waals surface area contributed by atoms with Crippen molar-refractivity contribution in [2.75, 3.05) is 13.2 Å². The van der Waals surface area contributed by atoms with Gasteiger partial charge < -0.3 is 14.9 Å². The minimum absolute atomic E-state index is 0.0197. The second kappa shape index (κ2) is 5.36. The molecule has 14 heavy (non-hydrogen) atoms. The zero-order valence-corrected chi connectivity index (χ0v) is 7.59. The van der Waals surface area contributed by atoms with Crippen LogP contribution < -0.4 is 0 Å². The fourth-order valence-electron chi connectivity index (χ4n) is 1.11. The molecule has 0 saturated carbocycles. The van der Waals surface area contributed by atoms with Gasteiger partial charge in [0, 0.05) is 0 Å². The van der Waals surface area contributed by atoms with Crippen LogP contribution in [0.2, 0.25) is 0 Å². The molecule has 0 bridgehead atoms. The molecule has 1 unspecified atom stereocenters. The number of carboxylic acid groups (broad SMARTS) is 1. The van der Waals surface area contributed by atoms with E-state index in [0.717, 1.165) is 0 Å². The molecule has 0 saturated heterocycles.